The Morgan fingerprint density at radius 1 is 1.04 bits per heavy atom. The number of carbonyl (C=O) groups is 3. The number of ether oxygens (including phenoxy) is 1. The number of benzene rings is 2. The minimum atomic E-state index is -1.04. The molecule has 0 aliphatic heterocycles. The van der Waals surface area contributed by atoms with E-state index >= 15 is 0 Å². The number of ketones is 1. The second-order valence-corrected chi connectivity index (χ2v) is 6.18. The summed E-state index contributed by atoms with van der Waals surface area (Å²) in [6, 6.07) is 15.0. The average molecular weight is 388 g/mol. The first-order chi connectivity index (χ1) is 12.9. The van der Waals surface area contributed by atoms with Crippen LogP contribution in [-0.4, -0.2) is 51.8 Å². The third kappa shape index (κ3) is 4.19. The molecule has 0 saturated carbocycles. The maximum absolute atomic E-state index is 12.6. The zero-order valence-electron chi connectivity index (χ0n) is 15.2. The predicted molar refractivity (Wildman–Crippen MR) is 109 cm³/mol. The summed E-state index contributed by atoms with van der Waals surface area (Å²) >= 11 is 0. The van der Waals surface area contributed by atoms with Crippen LogP contribution in [0.25, 0.3) is 10.9 Å². The number of aromatic nitrogens is 1. The van der Waals surface area contributed by atoms with Crippen molar-refractivity contribution in [2.75, 3.05) is 0 Å². The SMILES string of the molecule is CCc1c(C(=O)C(N)=O)c2c(OC(C)=O)cccc2n1Cc1ccccc1.[NaH]. The molecule has 0 atom stereocenters. The Bertz CT molecular complexity index is 1040. The summed E-state index contributed by atoms with van der Waals surface area (Å²) in [4.78, 5) is 35.8. The van der Waals surface area contributed by atoms with Crippen LogP contribution >= 0.6 is 0 Å². The van der Waals surface area contributed by atoms with E-state index in [1.54, 1.807) is 12.1 Å². The van der Waals surface area contributed by atoms with Crippen LogP contribution in [0.3, 0.4) is 0 Å². The van der Waals surface area contributed by atoms with Gasteiger partial charge in [0.2, 0.25) is 0 Å². The van der Waals surface area contributed by atoms with E-state index in [-0.39, 0.29) is 40.9 Å². The quantitative estimate of drug-likeness (QED) is 0.230. The molecule has 1 amide bonds. The topological polar surface area (TPSA) is 91.4 Å². The number of primary amides is 1. The molecule has 0 bridgehead atoms. The second-order valence-electron chi connectivity index (χ2n) is 6.18. The van der Waals surface area contributed by atoms with Gasteiger partial charge in [-0.15, -0.1) is 0 Å². The summed E-state index contributed by atoms with van der Waals surface area (Å²) in [6.07, 6.45) is 0.509. The number of esters is 1. The van der Waals surface area contributed by atoms with Gasteiger partial charge in [0, 0.05) is 19.2 Å². The Hall–Kier alpha value is -2.41. The van der Waals surface area contributed by atoms with Crippen molar-refractivity contribution in [2.45, 2.75) is 26.8 Å². The van der Waals surface area contributed by atoms with Crippen molar-refractivity contribution in [3.63, 3.8) is 0 Å². The van der Waals surface area contributed by atoms with Crippen LogP contribution in [0.4, 0.5) is 0 Å². The molecule has 0 unspecified atom stereocenters. The van der Waals surface area contributed by atoms with Crippen LogP contribution < -0.4 is 10.5 Å². The van der Waals surface area contributed by atoms with Gasteiger partial charge in [-0.25, -0.2) is 0 Å². The van der Waals surface area contributed by atoms with E-state index in [1.807, 2.05) is 47.9 Å². The fourth-order valence-corrected chi connectivity index (χ4v) is 3.34. The summed E-state index contributed by atoms with van der Waals surface area (Å²) in [5, 5.41) is 0.435. The van der Waals surface area contributed by atoms with Gasteiger partial charge in [0.15, 0.2) is 0 Å². The van der Waals surface area contributed by atoms with Crippen LogP contribution in [0.2, 0.25) is 0 Å². The monoisotopic (exact) mass is 388 g/mol. The van der Waals surface area contributed by atoms with E-state index in [2.05, 4.69) is 0 Å². The van der Waals surface area contributed by atoms with E-state index in [9.17, 15) is 14.4 Å². The van der Waals surface area contributed by atoms with Crippen molar-refractivity contribution in [1.82, 2.24) is 4.57 Å². The summed E-state index contributed by atoms with van der Waals surface area (Å²) in [5.41, 5.74) is 7.92. The molecule has 0 radical (unpaired) electrons. The maximum atomic E-state index is 12.6. The van der Waals surface area contributed by atoms with Gasteiger partial charge in [0.05, 0.1) is 16.5 Å². The molecule has 2 aromatic carbocycles. The predicted octanol–water partition coefficient (Wildman–Crippen LogP) is 2.20. The first kappa shape index (κ1) is 21.9. The standard InChI is InChI=1S/C21H20N2O4.Na.H/c1-3-15-19(20(25)21(22)26)18-16(10-7-11-17(18)27-13(2)24)23(15)12-14-8-5-4-6-9-14;;/h4-11H,3,12H2,1-2H3,(H2,22,26);;. The zero-order chi connectivity index (χ0) is 19.6. The Morgan fingerprint density at radius 2 is 1.71 bits per heavy atom. The molecular formula is C21H21N2NaO4. The summed E-state index contributed by atoms with van der Waals surface area (Å²) in [7, 11) is 0. The molecule has 2 N–H and O–H groups in total. The first-order valence-corrected chi connectivity index (χ1v) is 8.64. The number of amides is 1. The molecular weight excluding hydrogens is 367 g/mol. The average Bonchev–Trinajstić information content (AvgIpc) is 2.96. The van der Waals surface area contributed by atoms with Crippen LogP contribution in [-0.2, 0) is 22.6 Å². The van der Waals surface area contributed by atoms with Gasteiger partial charge < -0.3 is 15.0 Å². The molecule has 0 aliphatic carbocycles. The van der Waals surface area contributed by atoms with Crippen molar-refractivity contribution in [3.8, 4) is 5.75 Å². The molecule has 140 valence electrons. The van der Waals surface area contributed by atoms with Crippen LogP contribution in [0.15, 0.2) is 48.5 Å². The van der Waals surface area contributed by atoms with E-state index in [0.717, 1.165) is 5.56 Å². The normalized spacial score (nSPS) is 10.4. The summed E-state index contributed by atoms with van der Waals surface area (Å²) in [5.74, 6) is -2.09. The molecule has 6 nitrogen and oxygen atoms in total. The molecule has 1 heterocycles. The van der Waals surface area contributed by atoms with Gasteiger partial charge >= 0.3 is 35.5 Å². The van der Waals surface area contributed by atoms with Gasteiger partial charge in [-0.2, -0.15) is 0 Å². The summed E-state index contributed by atoms with van der Waals surface area (Å²) < 4.78 is 7.27. The number of nitrogens with zero attached hydrogens (tertiary/aromatic N) is 1. The summed E-state index contributed by atoms with van der Waals surface area (Å²) in [6.45, 7) is 3.70. The minimum absolute atomic E-state index is 0. The van der Waals surface area contributed by atoms with Gasteiger partial charge in [-0.1, -0.05) is 43.3 Å². The van der Waals surface area contributed by atoms with Crippen LogP contribution in [0, 0.1) is 0 Å². The number of hydrogen-bond acceptors (Lipinski definition) is 4. The van der Waals surface area contributed by atoms with Crippen LogP contribution in [0.1, 0.15) is 35.5 Å². The Morgan fingerprint density at radius 3 is 2.29 bits per heavy atom. The Labute approximate surface area is 184 Å². The van der Waals surface area contributed by atoms with Gasteiger partial charge in [-0.05, 0) is 24.1 Å². The molecule has 1 aromatic heterocycles. The molecule has 28 heavy (non-hydrogen) atoms. The first-order valence-electron chi connectivity index (χ1n) is 8.64. The molecule has 7 heteroatoms. The van der Waals surface area contributed by atoms with Crippen molar-refractivity contribution in [3.05, 3.63) is 65.4 Å². The van der Waals surface area contributed by atoms with E-state index in [0.29, 0.717) is 29.6 Å². The third-order valence-electron chi connectivity index (χ3n) is 4.38. The number of carbonyl (C=O) groups excluding carboxylic acids is 3. The second kappa shape index (κ2) is 9.19. The zero-order valence-corrected chi connectivity index (χ0v) is 15.2. The number of nitrogens with two attached hydrogens (primary N) is 1. The van der Waals surface area contributed by atoms with Crippen molar-refractivity contribution in [2.24, 2.45) is 5.73 Å². The van der Waals surface area contributed by atoms with Crippen molar-refractivity contribution in [1.29, 1.82) is 0 Å². The number of Topliss-reactive ketones (excluding diaryl/α,β-unsaturated/α-hetero) is 1. The fourth-order valence-electron chi connectivity index (χ4n) is 3.34. The van der Waals surface area contributed by atoms with E-state index in [4.69, 9.17) is 10.5 Å². The number of fused-ring (bicyclic) bond motifs is 1. The third-order valence-corrected chi connectivity index (χ3v) is 4.38. The van der Waals surface area contributed by atoms with Gasteiger partial charge in [0.1, 0.15) is 5.75 Å². The fraction of sp³-hybridized carbons (Fsp3) is 0.190. The van der Waals surface area contributed by atoms with Crippen molar-refractivity contribution < 1.29 is 19.1 Å². The Kier molecular flexibility index (Phi) is 7.18. The van der Waals surface area contributed by atoms with Gasteiger partial charge in [-0.3, -0.25) is 14.4 Å². The van der Waals surface area contributed by atoms with Gasteiger partial charge in [0.25, 0.3) is 11.7 Å². The molecule has 0 spiro atoms. The molecule has 0 aliphatic rings. The molecule has 0 fully saturated rings. The van der Waals surface area contributed by atoms with Crippen LogP contribution in [0.5, 0.6) is 5.75 Å². The molecule has 3 rings (SSSR count). The van der Waals surface area contributed by atoms with E-state index in [1.165, 1.54) is 6.92 Å². The number of rotatable bonds is 6. The van der Waals surface area contributed by atoms with E-state index < -0.39 is 17.7 Å². The number of hydrogen-bond donors (Lipinski definition) is 1. The van der Waals surface area contributed by atoms with Crippen molar-refractivity contribution >= 4 is 58.1 Å². The molecule has 3 aromatic rings. The molecule has 0 saturated heterocycles. The Balaban J connectivity index is 0.00000280.